The zero-order chi connectivity index (χ0) is 13.9. The van der Waals surface area contributed by atoms with Gasteiger partial charge in [-0.2, -0.15) is 9.57 Å². The lowest BCUT2D eigenvalue weighted by atomic mass is 10.1. The number of nitriles is 1. The number of nitrogens with zero attached hydrogens (tertiary/aromatic N) is 2. The average molecular weight is 280 g/mol. The van der Waals surface area contributed by atoms with Crippen LogP contribution in [0.5, 0.6) is 0 Å². The second-order valence-electron chi connectivity index (χ2n) is 4.48. The molecule has 0 spiro atoms. The van der Waals surface area contributed by atoms with E-state index in [0.717, 1.165) is 0 Å². The zero-order valence-electron chi connectivity index (χ0n) is 10.7. The third kappa shape index (κ3) is 2.95. The van der Waals surface area contributed by atoms with Crippen LogP contribution >= 0.6 is 0 Å². The minimum absolute atomic E-state index is 0.146. The molecule has 1 aromatic carbocycles. The molecule has 0 aromatic heterocycles. The van der Waals surface area contributed by atoms with E-state index in [0.29, 0.717) is 31.5 Å². The van der Waals surface area contributed by atoms with Gasteiger partial charge in [0.05, 0.1) is 22.6 Å². The summed E-state index contributed by atoms with van der Waals surface area (Å²) >= 11 is 0. The van der Waals surface area contributed by atoms with Gasteiger partial charge in [-0.3, -0.25) is 0 Å². The molecule has 1 aliphatic heterocycles. The molecule has 1 heterocycles. The third-order valence-corrected chi connectivity index (χ3v) is 5.27. The minimum Gasteiger partial charge on any atom is -0.381 e. The standard InChI is InChI=1S/C13H16N2O3S/c1-18-12-6-8-15(9-7-12)19(16,17)13-4-2-11(10-14)3-5-13/h2-5,12H,6-9H2,1H3. The van der Waals surface area contributed by atoms with Gasteiger partial charge in [-0.1, -0.05) is 0 Å². The van der Waals surface area contributed by atoms with Crippen LogP contribution in [0.1, 0.15) is 18.4 Å². The van der Waals surface area contributed by atoms with Crippen molar-refractivity contribution in [1.29, 1.82) is 5.26 Å². The summed E-state index contributed by atoms with van der Waals surface area (Å²) in [6.07, 6.45) is 1.57. The molecule has 5 nitrogen and oxygen atoms in total. The lowest BCUT2D eigenvalue weighted by molar-refractivity contribution is 0.0604. The van der Waals surface area contributed by atoms with Gasteiger partial charge in [0, 0.05) is 20.2 Å². The van der Waals surface area contributed by atoms with E-state index in [2.05, 4.69) is 0 Å². The van der Waals surface area contributed by atoms with E-state index in [1.165, 1.54) is 28.6 Å². The van der Waals surface area contributed by atoms with Gasteiger partial charge in [0.25, 0.3) is 0 Å². The predicted molar refractivity (Wildman–Crippen MR) is 69.9 cm³/mol. The lowest BCUT2D eigenvalue weighted by Crippen LogP contribution is -2.40. The fourth-order valence-electron chi connectivity index (χ4n) is 2.16. The number of piperidine rings is 1. The van der Waals surface area contributed by atoms with Crippen molar-refractivity contribution >= 4 is 10.0 Å². The Kier molecular flexibility index (Phi) is 4.20. The maximum Gasteiger partial charge on any atom is 0.243 e. The second-order valence-corrected chi connectivity index (χ2v) is 6.41. The highest BCUT2D eigenvalue weighted by atomic mass is 32.2. The molecular weight excluding hydrogens is 264 g/mol. The molecule has 0 radical (unpaired) electrons. The van der Waals surface area contributed by atoms with Crippen molar-refractivity contribution < 1.29 is 13.2 Å². The first-order valence-electron chi connectivity index (χ1n) is 6.11. The highest BCUT2D eigenvalue weighted by Gasteiger charge is 2.29. The predicted octanol–water partition coefficient (Wildman–Crippen LogP) is 1.36. The first kappa shape index (κ1) is 14.0. The molecule has 6 heteroatoms. The molecule has 0 saturated carbocycles. The van der Waals surface area contributed by atoms with E-state index in [4.69, 9.17) is 10.00 Å². The van der Waals surface area contributed by atoms with E-state index in [9.17, 15) is 8.42 Å². The van der Waals surface area contributed by atoms with Crippen LogP contribution in [-0.4, -0.2) is 39.0 Å². The van der Waals surface area contributed by atoms with Crippen molar-refractivity contribution in [3.05, 3.63) is 29.8 Å². The number of rotatable bonds is 3. The molecule has 0 bridgehead atoms. The Morgan fingerprint density at radius 2 is 1.84 bits per heavy atom. The van der Waals surface area contributed by atoms with Crippen molar-refractivity contribution in [2.24, 2.45) is 0 Å². The summed E-state index contributed by atoms with van der Waals surface area (Å²) in [5.74, 6) is 0. The topological polar surface area (TPSA) is 70.4 Å². The SMILES string of the molecule is COC1CCN(S(=O)(=O)c2ccc(C#N)cc2)CC1. The molecule has 19 heavy (non-hydrogen) atoms. The summed E-state index contributed by atoms with van der Waals surface area (Å²) in [4.78, 5) is 0.238. The van der Waals surface area contributed by atoms with Gasteiger partial charge in [0.2, 0.25) is 10.0 Å². The Morgan fingerprint density at radius 1 is 1.26 bits per heavy atom. The van der Waals surface area contributed by atoms with Crippen molar-refractivity contribution in [1.82, 2.24) is 4.31 Å². The van der Waals surface area contributed by atoms with E-state index in [1.54, 1.807) is 7.11 Å². The van der Waals surface area contributed by atoms with Crippen LogP contribution in [0.25, 0.3) is 0 Å². The van der Waals surface area contributed by atoms with Gasteiger partial charge in [0.1, 0.15) is 0 Å². The Labute approximate surface area is 113 Å². The first-order valence-corrected chi connectivity index (χ1v) is 7.55. The molecule has 0 aliphatic carbocycles. The molecule has 1 fully saturated rings. The smallest absolute Gasteiger partial charge is 0.243 e. The fourth-order valence-corrected chi connectivity index (χ4v) is 3.63. The molecule has 0 N–H and O–H groups in total. The average Bonchev–Trinajstić information content (AvgIpc) is 2.47. The summed E-state index contributed by atoms with van der Waals surface area (Å²) in [7, 11) is -1.80. The third-order valence-electron chi connectivity index (χ3n) is 3.36. The Balaban J connectivity index is 2.16. The number of sulfonamides is 1. The Bertz CT molecular complexity index is 567. The number of benzene rings is 1. The molecular formula is C13H16N2O3S. The second kappa shape index (κ2) is 5.70. The normalized spacial score (nSPS) is 18.1. The molecule has 102 valence electrons. The van der Waals surface area contributed by atoms with Gasteiger partial charge in [-0.05, 0) is 37.1 Å². The maximum atomic E-state index is 12.4. The quantitative estimate of drug-likeness (QED) is 0.838. The molecule has 1 saturated heterocycles. The molecule has 0 atom stereocenters. The van der Waals surface area contributed by atoms with Crippen LogP contribution in [-0.2, 0) is 14.8 Å². The number of hydrogen-bond donors (Lipinski definition) is 0. The maximum absolute atomic E-state index is 12.4. The van der Waals surface area contributed by atoms with Crippen molar-refractivity contribution in [3.8, 4) is 6.07 Å². The first-order chi connectivity index (χ1) is 9.07. The Hall–Kier alpha value is -1.42. The van der Waals surface area contributed by atoms with Gasteiger partial charge in [-0.15, -0.1) is 0 Å². The van der Waals surface area contributed by atoms with Gasteiger partial charge < -0.3 is 4.74 Å². The van der Waals surface area contributed by atoms with Crippen molar-refractivity contribution in [2.45, 2.75) is 23.8 Å². The highest BCUT2D eigenvalue weighted by Crippen LogP contribution is 2.21. The van der Waals surface area contributed by atoms with Gasteiger partial charge in [0.15, 0.2) is 0 Å². The summed E-state index contributed by atoms with van der Waals surface area (Å²) in [6, 6.07) is 7.98. The van der Waals surface area contributed by atoms with E-state index >= 15 is 0 Å². The van der Waals surface area contributed by atoms with Gasteiger partial charge >= 0.3 is 0 Å². The summed E-state index contributed by atoms with van der Waals surface area (Å²) in [5.41, 5.74) is 0.456. The molecule has 0 unspecified atom stereocenters. The largest absolute Gasteiger partial charge is 0.381 e. The van der Waals surface area contributed by atoms with Crippen LogP contribution in [0.15, 0.2) is 29.2 Å². The van der Waals surface area contributed by atoms with Crippen LogP contribution < -0.4 is 0 Å². The van der Waals surface area contributed by atoms with Crippen molar-refractivity contribution in [3.63, 3.8) is 0 Å². The summed E-state index contributed by atoms with van der Waals surface area (Å²) < 4.78 is 31.5. The molecule has 2 rings (SSSR count). The van der Waals surface area contributed by atoms with Crippen LogP contribution in [0, 0.1) is 11.3 Å². The van der Waals surface area contributed by atoms with Gasteiger partial charge in [-0.25, -0.2) is 8.42 Å². The Morgan fingerprint density at radius 3 is 2.32 bits per heavy atom. The van der Waals surface area contributed by atoms with Crippen LogP contribution in [0.3, 0.4) is 0 Å². The van der Waals surface area contributed by atoms with Crippen molar-refractivity contribution in [2.75, 3.05) is 20.2 Å². The summed E-state index contributed by atoms with van der Waals surface area (Å²) in [6.45, 7) is 0.946. The number of ether oxygens (including phenoxy) is 1. The fraction of sp³-hybridized carbons (Fsp3) is 0.462. The number of methoxy groups -OCH3 is 1. The van der Waals surface area contributed by atoms with E-state index < -0.39 is 10.0 Å². The zero-order valence-corrected chi connectivity index (χ0v) is 11.6. The van der Waals surface area contributed by atoms with Crippen LogP contribution in [0.4, 0.5) is 0 Å². The van der Waals surface area contributed by atoms with E-state index in [-0.39, 0.29) is 11.0 Å². The molecule has 1 aliphatic rings. The monoisotopic (exact) mass is 280 g/mol. The molecule has 1 aromatic rings. The van der Waals surface area contributed by atoms with Crippen LogP contribution in [0.2, 0.25) is 0 Å². The highest BCUT2D eigenvalue weighted by molar-refractivity contribution is 7.89. The minimum atomic E-state index is -3.45. The van der Waals surface area contributed by atoms with E-state index in [1.807, 2.05) is 6.07 Å². The number of hydrogen-bond acceptors (Lipinski definition) is 4. The molecule has 0 amide bonds. The lowest BCUT2D eigenvalue weighted by Gasteiger charge is -2.30. The summed E-state index contributed by atoms with van der Waals surface area (Å²) in [5, 5.41) is 8.71.